The van der Waals surface area contributed by atoms with Gasteiger partial charge in [0.1, 0.15) is 10.8 Å². The molecule has 2 aromatic heterocycles. The van der Waals surface area contributed by atoms with E-state index in [-0.39, 0.29) is 36.1 Å². The van der Waals surface area contributed by atoms with Crippen LogP contribution in [0.25, 0.3) is 10.9 Å². The summed E-state index contributed by atoms with van der Waals surface area (Å²) in [5.74, 6) is -0.509. The number of piperidine rings is 2. The Morgan fingerprint density at radius 1 is 1.09 bits per heavy atom. The minimum Gasteiger partial charge on any atom is -0.382 e. The molecule has 0 saturated carbocycles. The smallest absolute Gasteiger partial charge is 0.235 e. The number of hydrogen-bond donors (Lipinski definition) is 3. The quantitative estimate of drug-likeness (QED) is 0.263. The van der Waals surface area contributed by atoms with Gasteiger partial charge in [0.15, 0.2) is 5.82 Å². The van der Waals surface area contributed by atoms with E-state index in [2.05, 4.69) is 42.8 Å². The third kappa shape index (κ3) is 5.38. The fourth-order valence-electron chi connectivity index (χ4n) is 6.72. The third-order valence-electron chi connectivity index (χ3n) is 9.18. The minimum absolute atomic E-state index is 0.140. The van der Waals surface area contributed by atoms with Crippen LogP contribution >= 0.6 is 11.6 Å². The number of aryl methyl sites for hydroxylation is 1. The van der Waals surface area contributed by atoms with Crippen LogP contribution in [0, 0.1) is 11.7 Å². The number of aromatic nitrogens is 4. The Labute approximate surface area is 269 Å². The number of hydrogen-bond acceptors (Lipinski definition) is 9. The standard InChI is InChI=1S/C32H33ClFN9O3/c1-16-15-43(32-35-14-22(33)30(39-32)37-19-10-17-11-27(45)41(2)29(17)23(34)12-19)9-8-24(16)36-18-4-5-20-25(13-18)42(3)40-28(20)21-6-7-26(44)38-31(21)46/h4-5,10,12-14,16,21,24,36H,6-9,11,15H2,1-3H3,(H,35,37,39)(H,38,44,46)/t16-,21?,24-/m1/s1. The van der Waals surface area contributed by atoms with E-state index in [4.69, 9.17) is 11.6 Å². The van der Waals surface area contributed by atoms with E-state index >= 15 is 0 Å². The van der Waals surface area contributed by atoms with E-state index in [0.717, 1.165) is 23.0 Å². The van der Waals surface area contributed by atoms with Crippen molar-refractivity contribution in [3.05, 3.63) is 58.6 Å². The zero-order chi connectivity index (χ0) is 32.3. The van der Waals surface area contributed by atoms with Crippen LogP contribution < -0.4 is 25.8 Å². The third-order valence-corrected chi connectivity index (χ3v) is 9.45. The van der Waals surface area contributed by atoms with Crippen molar-refractivity contribution in [2.45, 2.75) is 44.6 Å². The summed E-state index contributed by atoms with van der Waals surface area (Å²) in [6.45, 7) is 3.58. The lowest BCUT2D eigenvalue weighted by atomic mass is 9.92. The molecule has 5 heterocycles. The van der Waals surface area contributed by atoms with Crippen LogP contribution in [-0.2, 0) is 27.9 Å². The van der Waals surface area contributed by atoms with Gasteiger partial charge in [0, 0.05) is 56.4 Å². The molecule has 4 aromatic rings. The normalized spacial score (nSPS) is 21.5. The van der Waals surface area contributed by atoms with Gasteiger partial charge in [-0.05, 0) is 54.7 Å². The second-order valence-corrected chi connectivity index (χ2v) is 12.7. The van der Waals surface area contributed by atoms with Crippen LogP contribution in [0.2, 0.25) is 5.02 Å². The van der Waals surface area contributed by atoms with E-state index in [0.29, 0.717) is 65.4 Å². The number of amides is 3. The van der Waals surface area contributed by atoms with Crippen LogP contribution in [0.1, 0.15) is 43.4 Å². The first kappa shape index (κ1) is 29.9. The molecule has 0 aliphatic carbocycles. The monoisotopic (exact) mass is 645 g/mol. The molecule has 3 amide bonds. The number of rotatable bonds is 6. The average molecular weight is 646 g/mol. The number of nitrogens with one attached hydrogen (secondary N) is 3. The maximum atomic E-state index is 14.8. The molecule has 2 saturated heterocycles. The van der Waals surface area contributed by atoms with Gasteiger partial charge in [0.2, 0.25) is 23.7 Å². The SMILES string of the molecule is C[C@@H]1CN(c2ncc(Cl)c(Nc3cc(F)c4c(c3)CC(=O)N4C)n2)CC[C@H]1Nc1ccc2c(C3CCC(=O)NC3=O)nn(C)c2c1. The van der Waals surface area contributed by atoms with Crippen LogP contribution in [0.5, 0.6) is 0 Å². The summed E-state index contributed by atoms with van der Waals surface area (Å²) in [6.07, 6.45) is 3.27. The molecule has 2 fully saturated rings. The van der Waals surface area contributed by atoms with E-state index in [1.807, 2.05) is 25.2 Å². The molecule has 238 valence electrons. The first-order chi connectivity index (χ1) is 22.0. The first-order valence-corrected chi connectivity index (χ1v) is 15.6. The number of likely N-dealkylation sites (N-methyl/N-ethyl adjacent to an activating group) is 1. The highest BCUT2D eigenvalue weighted by atomic mass is 35.5. The van der Waals surface area contributed by atoms with Crippen LogP contribution in [0.15, 0.2) is 36.5 Å². The van der Waals surface area contributed by atoms with Crippen molar-refractivity contribution >= 4 is 69.1 Å². The van der Waals surface area contributed by atoms with Gasteiger partial charge in [-0.2, -0.15) is 10.1 Å². The lowest BCUT2D eigenvalue weighted by Crippen LogP contribution is -2.46. The second kappa shape index (κ2) is 11.5. The molecule has 3 N–H and O–H groups in total. The van der Waals surface area contributed by atoms with Crippen molar-refractivity contribution < 1.29 is 18.8 Å². The molecule has 2 aromatic carbocycles. The molecule has 46 heavy (non-hydrogen) atoms. The van der Waals surface area contributed by atoms with Crippen molar-refractivity contribution in [1.82, 2.24) is 25.1 Å². The summed E-state index contributed by atoms with van der Waals surface area (Å²) in [6, 6.07) is 9.32. The molecule has 0 bridgehead atoms. The molecule has 0 spiro atoms. The van der Waals surface area contributed by atoms with Crippen LogP contribution in [0.4, 0.5) is 33.2 Å². The molecule has 1 unspecified atom stereocenters. The summed E-state index contributed by atoms with van der Waals surface area (Å²) >= 11 is 6.43. The highest BCUT2D eigenvalue weighted by molar-refractivity contribution is 6.33. The number of carbonyl (C=O) groups excluding carboxylic acids is 3. The Kier molecular flexibility index (Phi) is 7.50. The second-order valence-electron chi connectivity index (χ2n) is 12.3. The molecular formula is C32H33ClFN9O3. The van der Waals surface area contributed by atoms with Gasteiger partial charge in [-0.1, -0.05) is 18.5 Å². The predicted octanol–water partition coefficient (Wildman–Crippen LogP) is 4.27. The summed E-state index contributed by atoms with van der Waals surface area (Å²) in [5.41, 5.74) is 3.92. The number of anilines is 5. The fraction of sp³-hybridized carbons (Fsp3) is 0.375. The summed E-state index contributed by atoms with van der Waals surface area (Å²) < 4.78 is 16.6. The Hall–Kier alpha value is -4.78. The molecule has 14 heteroatoms. The van der Waals surface area contributed by atoms with Crippen molar-refractivity contribution in [2.75, 3.05) is 40.6 Å². The lowest BCUT2D eigenvalue weighted by molar-refractivity contribution is -0.134. The molecule has 3 atom stereocenters. The highest BCUT2D eigenvalue weighted by Gasteiger charge is 2.33. The number of nitrogens with zero attached hydrogens (tertiary/aromatic N) is 6. The average Bonchev–Trinajstić information content (AvgIpc) is 3.49. The lowest BCUT2D eigenvalue weighted by Gasteiger charge is -2.37. The summed E-state index contributed by atoms with van der Waals surface area (Å²) in [7, 11) is 3.43. The molecular weight excluding hydrogens is 613 g/mol. The van der Waals surface area contributed by atoms with Crippen molar-refractivity contribution in [1.29, 1.82) is 0 Å². The molecule has 0 radical (unpaired) electrons. The largest absolute Gasteiger partial charge is 0.382 e. The summed E-state index contributed by atoms with van der Waals surface area (Å²) in [4.78, 5) is 48.8. The Morgan fingerprint density at radius 3 is 2.70 bits per heavy atom. The van der Waals surface area contributed by atoms with Gasteiger partial charge in [0.05, 0.1) is 35.4 Å². The maximum Gasteiger partial charge on any atom is 0.235 e. The number of benzene rings is 2. The van der Waals surface area contributed by atoms with Crippen molar-refractivity contribution in [3.8, 4) is 0 Å². The first-order valence-electron chi connectivity index (χ1n) is 15.3. The van der Waals surface area contributed by atoms with Crippen molar-refractivity contribution in [2.24, 2.45) is 13.0 Å². The highest BCUT2D eigenvalue weighted by Crippen LogP contribution is 2.36. The number of imide groups is 1. The van der Waals surface area contributed by atoms with Gasteiger partial charge in [-0.25, -0.2) is 9.37 Å². The van der Waals surface area contributed by atoms with Crippen LogP contribution in [0.3, 0.4) is 0 Å². The zero-order valence-electron chi connectivity index (χ0n) is 25.6. The van der Waals surface area contributed by atoms with Crippen molar-refractivity contribution in [3.63, 3.8) is 0 Å². The van der Waals surface area contributed by atoms with Gasteiger partial charge < -0.3 is 20.4 Å². The number of halogens is 2. The van der Waals surface area contributed by atoms with Gasteiger partial charge >= 0.3 is 0 Å². The van der Waals surface area contributed by atoms with Gasteiger partial charge in [-0.15, -0.1) is 0 Å². The van der Waals surface area contributed by atoms with E-state index in [9.17, 15) is 18.8 Å². The predicted molar refractivity (Wildman–Crippen MR) is 173 cm³/mol. The Morgan fingerprint density at radius 2 is 1.91 bits per heavy atom. The summed E-state index contributed by atoms with van der Waals surface area (Å²) in [5, 5.41) is 15.1. The Bertz CT molecular complexity index is 1910. The minimum atomic E-state index is -0.487. The zero-order valence-corrected chi connectivity index (χ0v) is 26.4. The number of carbonyl (C=O) groups is 3. The molecule has 12 nitrogen and oxygen atoms in total. The fourth-order valence-corrected chi connectivity index (χ4v) is 6.86. The Balaban J connectivity index is 1.03. The maximum absolute atomic E-state index is 14.8. The van der Waals surface area contributed by atoms with Gasteiger partial charge in [0.25, 0.3) is 0 Å². The molecule has 3 aliphatic rings. The molecule has 7 rings (SSSR count). The van der Waals surface area contributed by atoms with E-state index < -0.39 is 11.7 Å². The topological polar surface area (TPSA) is 137 Å². The van der Waals surface area contributed by atoms with Crippen LogP contribution in [-0.4, -0.2) is 63.6 Å². The van der Waals surface area contributed by atoms with E-state index in [1.54, 1.807) is 17.8 Å². The van der Waals surface area contributed by atoms with Gasteiger partial charge in [-0.3, -0.25) is 24.4 Å². The number of fused-ring (bicyclic) bond motifs is 2. The molecule has 3 aliphatic heterocycles. The van der Waals surface area contributed by atoms with E-state index in [1.165, 1.54) is 17.2 Å².